The Bertz CT molecular complexity index is 852. The zero-order valence-electron chi connectivity index (χ0n) is 15.3. The summed E-state index contributed by atoms with van der Waals surface area (Å²) < 4.78 is 7.10. The summed E-state index contributed by atoms with van der Waals surface area (Å²) in [6.07, 6.45) is 3.31. The maximum Gasteiger partial charge on any atom is 0.238 e. The Hall–Kier alpha value is -1.93. The Kier molecular flexibility index (Phi) is 5.19. The normalized spacial score (nSPS) is 22.1. The number of benzene rings is 1. The summed E-state index contributed by atoms with van der Waals surface area (Å²) >= 11 is 7.81. The summed E-state index contributed by atoms with van der Waals surface area (Å²) in [6.45, 7) is 3.52. The van der Waals surface area contributed by atoms with Crippen molar-refractivity contribution in [2.24, 2.45) is 0 Å². The first-order valence-electron chi connectivity index (χ1n) is 9.06. The molecule has 0 spiro atoms. The molecule has 0 radical (unpaired) electrons. The summed E-state index contributed by atoms with van der Waals surface area (Å²) in [5, 5.41) is 9.24. The van der Waals surface area contributed by atoms with E-state index in [1.165, 1.54) is 18.2 Å². The molecule has 1 aromatic heterocycles. The number of thioether (sulfide) groups is 1. The number of hydrogen-bond acceptors (Lipinski definition) is 6. The van der Waals surface area contributed by atoms with Crippen molar-refractivity contribution in [3.63, 3.8) is 0 Å². The number of likely N-dealkylation sites (tertiary alicyclic amines) is 1. The van der Waals surface area contributed by atoms with E-state index in [2.05, 4.69) is 15.6 Å². The third kappa shape index (κ3) is 3.48. The Balaban J connectivity index is 1.69. The zero-order chi connectivity index (χ0) is 19.0. The average Bonchev–Trinajstić information content (AvgIpc) is 3.07. The van der Waals surface area contributed by atoms with Crippen LogP contribution in [0.3, 0.4) is 0 Å². The van der Waals surface area contributed by atoms with Crippen molar-refractivity contribution >= 4 is 29.3 Å². The van der Waals surface area contributed by atoms with Crippen LogP contribution < -0.4 is 10.2 Å². The number of aryl methyl sites for hydroxylation is 1. The number of hydrogen-bond donors (Lipinski definition) is 1. The Labute approximate surface area is 167 Å². The van der Waals surface area contributed by atoms with E-state index in [4.69, 9.17) is 16.3 Å². The van der Waals surface area contributed by atoms with Crippen molar-refractivity contribution in [1.82, 2.24) is 19.8 Å². The fourth-order valence-electron chi connectivity index (χ4n) is 3.57. The third-order valence-electron chi connectivity index (χ3n) is 5.04. The van der Waals surface area contributed by atoms with Crippen LogP contribution in [-0.4, -0.2) is 51.1 Å². The molecule has 0 saturated carbocycles. The van der Waals surface area contributed by atoms with Gasteiger partial charge in [0, 0.05) is 13.1 Å². The van der Waals surface area contributed by atoms with Crippen LogP contribution in [0.4, 0.5) is 0 Å². The Morgan fingerprint density at radius 2 is 2.07 bits per heavy atom. The summed E-state index contributed by atoms with van der Waals surface area (Å²) in [6, 6.07) is 5.40. The summed E-state index contributed by atoms with van der Waals surface area (Å²) in [7, 11) is 1.59. The van der Waals surface area contributed by atoms with E-state index < -0.39 is 0 Å². The second-order valence-corrected chi connectivity index (χ2v) is 8.31. The lowest BCUT2D eigenvalue weighted by molar-refractivity contribution is -0.131. The summed E-state index contributed by atoms with van der Waals surface area (Å²) in [5.74, 6) is 1.51. The van der Waals surface area contributed by atoms with Crippen molar-refractivity contribution in [1.29, 1.82) is 0 Å². The average molecular weight is 408 g/mol. The third-order valence-corrected chi connectivity index (χ3v) is 6.54. The molecule has 144 valence electrons. The van der Waals surface area contributed by atoms with Gasteiger partial charge in [0.05, 0.1) is 18.2 Å². The monoisotopic (exact) mass is 407 g/mol. The minimum Gasteiger partial charge on any atom is -0.495 e. The number of amides is 1. The van der Waals surface area contributed by atoms with Crippen LogP contribution in [0.1, 0.15) is 36.7 Å². The molecule has 2 aliphatic heterocycles. The molecular formula is C18H22ClN5O2S. The number of rotatable bonds is 3. The standard InChI is InChI=1S/C18H22ClN5O2S/c1-11-20-21-18-24(11)22-15(12-6-7-14(26-2)13(19)10-12)16(27-18)17(25)23-8-4-3-5-9-23/h6-7,10,15-16,22H,3-5,8-9H2,1-2H3/t15-,16-/m0/s1. The van der Waals surface area contributed by atoms with E-state index >= 15 is 0 Å². The molecule has 2 aromatic rings. The van der Waals surface area contributed by atoms with Gasteiger partial charge in [0.2, 0.25) is 11.1 Å². The molecule has 4 rings (SSSR count). The van der Waals surface area contributed by atoms with Gasteiger partial charge in [-0.25, -0.2) is 4.68 Å². The van der Waals surface area contributed by atoms with Gasteiger partial charge in [0.1, 0.15) is 16.8 Å². The highest BCUT2D eigenvalue weighted by atomic mass is 35.5. The lowest BCUT2D eigenvalue weighted by Crippen LogP contribution is -2.47. The number of nitrogens with zero attached hydrogens (tertiary/aromatic N) is 4. The molecule has 0 aliphatic carbocycles. The quantitative estimate of drug-likeness (QED) is 0.843. The fraction of sp³-hybridized carbons (Fsp3) is 0.500. The molecule has 1 aromatic carbocycles. The zero-order valence-corrected chi connectivity index (χ0v) is 16.9. The predicted octanol–water partition coefficient (Wildman–Crippen LogP) is 3.02. The molecule has 1 amide bonds. The van der Waals surface area contributed by atoms with E-state index in [-0.39, 0.29) is 17.2 Å². The maximum atomic E-state index is 13.3. The highest BCUT2D eigenvalue weighted by Crippen LogP contribution is 2.39. The van der Waals surface area contributed by atoms with Crippen molar-refractivity contribution < 1.29 is 9.53 Å². The number of piperidine rings is 1. The summed E-state index contributed by atoms with van der Waals surface area (Å²) in [5.41, 5.74) is 4.35. The van der Waals surface area contributed by atoms with Gasteiger partial charge in [-0.15, -0.1) is 10.2 Å². The van der Waals surface area contributed by atoms with E-state index in [1.807, 2.05) is 34.7 Å². The van der Waals surface area contributed by atoms with Crippen molar-refractivity contribution in [3.05, 3.63) is 34.6 Å². The van der Waals surface area contributed by atoms with Crippen LogP contribution in [0.25, 0.3) is 0 Å². The smallest absolute Gasteiger partial charge is 0.238 e. The molecule has 1 fully saturated rings. The molecule has 1 saturated heterocycles. The van der Waals surface area contributed by atoms with Crippen LogP contribution in [-0.2, 0) is 4.79 Å². The largest absolute Gasteiger partial charge is 0.495 e. The van der Waals surface area contributed by atoms with Gasteiger partial charge in [-0.05, 0) is 43.9 Å². The predicted molar refractivity (Wildman–Crippen MR) is 105 cm³/mol. The van der Waals surface area contributed by atoms with E-state index in [1.54, 1.807) is 7.11 Å². The minimum atomic E-state index is -0.330. The highest BCUT2D eigenvalue weighted by Gasteiger charge is 2.39. The van der Waals surface area contributed by atoms with Crippen LogP contribution in [0.5, 0.6) is 5.75 Å². The molecular weight excluding hydrogens is 386 g/mol. The molecule has 7 nitrogen and oxygen atoms in total. The maximum absolute atomic E-state index is 13.3. The Morgan fingerprint density at radius 3 is 2.78 bits per heavy atom. The van der Waals surface area contributed by atoms with E-state index in [9.17, 15) is 4.79 Å². The van der Waals surface area contributed by atoms with Crippen LogP contribution >= 0.6 is 23.4 Å². The van der Waals surface area contributed by atoms with Crippen LogP contribution in [0, 0.1) is 6.92 Å². The minimum absolute atomic E-state index is 0.135. The van der Waals surface area contributed by atoms with Crippen molar-refractivity contribution in [3.8, 4) is 5.75 Å². The van der Waals surface area contributed by atoms with E-state index in [0.717, 1.165) is 37.3 Å². The topological polar surface area (TPSA) is 72.3 Å². The molecule has 0 bridgehead atoms. The molecule has 1 N–H and O–H groups in total. The number of carbonyl (C=O) groups excluding carboxylic acids is 1. The van der Waals surface area contributed by atoms with Crippen LogP contribution in [0.15, 0.2) is 23.4 Å². The molecule has 0 unspecified atom stereocenters. The first kappa shape index (κ1) is 18.4. The fourth-order valence-corrected chi connectivity index (χ4v) is 5.04. The molecule has 3 heterocycles. The van der Waals surface area contributed by atoms with Gasteiger partial charge >= 0.3 is 0 Å². The molecule has 2 aliphatic rings. The number of nitrogens with one attached hydrogen (secondary N) is 1. The highest BCUT2D eigenvalue weighted by molar-refractivity contribution is 8.00. The van der Waals surface area contributed by atoms with Gasteiger partial charge in [0.25, 0.3) is 0 Å². The number of methoxy groups -OCH3 is 1. The number of aromatic nitrogens is 3. The molecule has 2 atom stereocenters. The number of halogens is 1. The second-order valence-electron chi connectivity index (χ2n) is 6.79. The number of carbonyl (C=O) groups is 1. The first-order chi connectivity index (χ1) is 13.1. The van der Waals surface area contributed by atoms with Gasteiger partial charge in [-0.3, -0.25) is 4.79 Å². The van der Waals surface area contributed by atoms with Gasteiger partial charge < -0.3 is 15.1 Å². The molecule has 27 heavy (non-hydrogen) atoms. The first-order valence-corrected chi connectivity index (χ1v) is 10.3. The lowest BCUT2D eigenvalue weighted by Gasteiger charge is -2.37. The van der Waals surface area contributed by atoms with Crippen LogP contribution in [0.2, 0.25) is 5.02 Å². The van der Waals surface area contributed by atoms with Crippen molar-refractivity contribution in [2.75, 3.05) is 25.6 Å². The number of ether oxygens (including phenoxy) is 1. The van der Waals surface area contributed by atoms with Crippen molar-refractivity contribution in [2.45, 2.75) is 42.6 Å². The Morgan fingerprint density at radius 1 is 1.30 bits per heavy atom. The SMILES string of the molecule is COc1ccc([C@@H]2Nn3c(C)nnc3S[C@@H]2C(=O)N2CCCCC2)cc1Cl. The van der Waals surface area contributed by atoms with E-state index in [0.29, 0.717) is 15.9 Å². The van der Waals surface area contributed by atoms with Gasteiger partial charge in [-0.1, -0.05) is 29.4 Å². The van der Waals surface area contributed by atoms with Gasteiger partial charge in [-0.2, -0.15) is 0 Å². The lowest BCUT2D eigenvalue weighted by atomic mass is 10.0. The molecule has 9 heteroatoms. The summed E-state index contributed by atoms with van der Waals surface area (Å²) in [4.78, 5) is 15.3. The number of fused-ring (bicyclic) bond motifs is 1. The second kappa shape index (κ2) is 7.59. The van der Waals surface area contributed by atoms with Gasteiger partial charge in [0.15, 0.2) is 0 Å².